The fraction of sp³-hybridized carbons (Fsp3) is 0.857. The number of carbonyl (C=O) groups excluding carboxylic acids is 1. The second kappa shape index (κ2) is 6.89. The highest BCUT2D eigenvalue weighted by Crippen LogP contribution is 2.21. The third-order valence-electron chi connectivity index (χ3n) is 1.33. The lowest BCUT2D eigenvalue weighted by molar-refractivity contribution is -0.149. The molecule has 86 valence electrons. The van der Waals surface area contributed by atoms with Crippen molar-refractivity contribution in [1.29, 1.82) is 0 Å². The van der Waals surface area contributed by atoms with E-state index in [1.165, 1.54) is 0 Å². The third kappa shape index (κ3) is 8.12. The maximum absolute atomic E-state index is 11.7. The van der Waals surface area contributed by atoms with Crippen LogP contribution in [-0.2, 0) is 9.53 Å². The summed E-state index contributed by atoms with van der Waals surface area (Å²) in [5.74, 6) is -0.785. The van der Waals surface area contributed by atoms with Crippen molar-refractivity contribution >= 4 is 18.4 Å². The number of carbonyl (C=O) groups is 1. The van der Waals surface area contributed by atoms with E-state index in [0.29, 0.717) is 0 Å². The molecule has 0 aromatic heterocycles. The van der Waals surface area contributed by atoms with Crippen LogP contribution >= 0.6 is 12.4 Å². The molecule has 0 aliphatic carbocycles. The molecule has 0 radical (unpaired) electrons. The van der Waals surface area contributed by atoms with Gasteiger partial charge in [-0.25, -0.2) is 0 Å². The summed E-state index contributed by atoms with van der Waals surface area (Å²) < 4.78 is 39.4. The van der Waals surface area contributed by atoms with Gasteiger partial charge in [-0.2, -0.15) is 13.2 Å². The summed E-state index contributed by atoms with van der Waals surface area (Å²) in [6.07, 6.45) is -5.76. The van der Waals surface area contributed by atoms with E-state index < -0.39 is 31.0 Å². The first-order valence-electron chi connectivity index (χ1n) is 3.85. The lowest BCUT2D eigenvalue weighted by atomic mass is 10.2. The van der Waals surface area contributed by atoms with E-state index in [-0.39, 0.29) is 19.0 Å². The Bertz CT molecular complexity index is 175. The molecular weight excluding hydrogens is 223 g/mol. The van der Waals surface area contributed by atoms with Gasteiger partial charge in [0.25, 0.3) is 0 Å². The van der Waals surface area contributed by atoms with Gasteiger partial charge in [-0.15, -0.1) is 12.4 Å². The predicted molar refractivity (Wildman–Crippen MR) is 47.1 cm³/mol. The van der Waals surface area contributed by atoms with E-state index in [1.54, 1.807) is 6.92 Å². The summed E-state index contributed by atoms with van der Waals surface area (Å²) in [6.45, 7) is 1.69. The van der Waals surface area contributed by atoms with Crippen LogP contribution < -0.4 is 5.73 Å². The Morgan fingerprint density at radius 3 is 2.36 bits per heavy atom. The highest BCUT2D eigenvalue weighted by molar-refractivity contribution is 5.85. The third-order valence-corrected chi connectivity index (χ3v) is 1.33. The zero-order valence-electron chi connectivity index (χ0n) is 7.63. The first-order chi connectivity index (χ1) is 5.87. The van der Waals surface area contributed by atoms with E-state index in [9.17, 15) is 18.0 Å². The topological polar surface area (TPSA) is 52.3 Å². The largest absolute Gasteiger partial charge is 0.465 e. The molecule has 3 nitrogen and oxygen atoms in total. The number of rotatable bonds is 4. The normalized spacial score (nSPS) is 12.9. The van der Waals surface area contributed by atoms with Crippen molar-refractivity contribution in [3.05, 3.63) is 0 Å². The van der Waals surface area contributed by atoms with Crippen LogP contribution in [0, 0.1) is 0 Å². The Labute approximate surface area is 86.2 Å². The first kappa shape index (κ1) is 16.0. The Balaban J connectivity index is 0. The van der Waals surface area contributed by atoms with Crippen molar-refractivity contribution in [3.8, 4) is 0 Å². The van der Waals surface area contributed by atoms with Crippen molar-refractivity contribution in [2.45, 2.75) is 32.0 Å². The molecule has 1 atom stereocenters. The van der Waals surface area contributed by atoms with Gasteiger partial charge in [0.05, 0.1) is 6.61 Å². The zero-order chi connectivity index (χ0) is 10.5. The van der Waals surface area contributed by atoms with Crippen LogP contribution in [0.25, 0.3) is 0 Å². The van der Waals surface area contributed by atoms with Crippen LogP contribution in [0.4, 0.5) is 13.2 Å². The number of alkyl halides is 3. The number of ether oxygens (including phenoxy) is 1. The van der Waals surface area contributed by atoms with Crippen LogP contribution in [0.2, 0.25) is 0 Å². The van der Waals surface area contributed by atoms with Crippen molar-refractivity contribution in [3.63, 3.8) is 0 Å². The Morgan fingerprint density at radius 2 is 2.00 bits per heavy atom. The number of hydrogen-bond acceptors (Lipinski definition) is 3. The van der Waals surface area contributed by atoms with Gasteiger partial charge < -0.3 is 10.5 Å². The van der Waals surface area contributed by atoms with Crippen LogP contribution in [-0.4, -0.2) is 24.8 Å². The van der Waals surface area contributed by atoms with E-state index in [2.05, 4.69) is 4.74 Å². The van der Waals surface area contributed by atoms with Crippen molar-refractivity contribution < 1.29 is 22.7 Å². The highest BCUT2D eigenvalue weighted by Gasteiger charge is 2.29. The molecule has 0 heterocycles. The molecule has 1 unspecified atom stereocenters. The zero-order valence-corrected chi connectivity index (χ0v) is 8.45. The number of esters is 1. The lowest BCUT2D eigenvalue weighted by Crippen LogP contribution is -2.33. The fourth-order valence-corrected chi connectivity index (χ4v) is 0.686. The SMILES string of the molecule is CCOC(=O)C(N)CCC(F)(F)F.Cl. The average Bonchev–Trinajstić information content (AvgIpc) is 1.99. The standard InChI is InChI=1S/C7H12F3NO2.ClH/c1-2-13-6(12)5(11)3-4-7(8,9)10;/h5H,2-4,11H2,1H3;1H. The number of halogens is 4. The minimum Gasteiger partial charge on any atom is -0.465 e. The fourth-order valence-electron chi connectivity index (χ4n) is 0.686. The van der Waals surface area contributed by atoms with E-state index >= 15 is 0 Å². The second-order valence-corrected chi connectivity index (χ2v) is 2.51. The van der Waals surface area contributed by atoms with Gasteiger partial charge in [-0.3, -0.25) is 4.79 Å². The molecule has 0 rings (SSSR count). The van der Waals surface area contributed by atoms with Gasteiger partial charge >= 0.3 is 12.1 Å². The number of hydrogen-bond donors (Lipinski definition) is 1. The summed E-state index contributed by atoms with van der Waals surface area (Å²) in [5.41, 5.74) is 5.14. The highest BCUT2D eigenvalue weighted by atomic mass is 35.5. The predicted octanol–water partition coefficient (Wildman–Crippen LogP) is 1.64. The molecule has 0 saturated heterocycles. The van der Waals surface area contributed by atoms with Crippen LogP contribution in [0.1, 0.15) is 19.8 Å². The smallest absolute Gasteiger partial charge is 0.389 e. The Morgan fingerprint density at radius 1 is 1.50 bits per heavy atom. The molecule has 0 spiro atoms. The Hall–Kier alpha value is -0.490. The summed E-state index contributed by atoms with van der Waals surface area (Å²) >= 11 is 0. The Kier molecular flexibility index (Phi) is 7.85. The molecule has 0 saturated carbocycles. The van der Waals surface area contributed by atoms with Crippen LogP contribution in [0.5, 0.6) is 0 Å². The molecule has 0 aromatic carbocycles. The quantitative estimate of drug-likeness (QED) is 0.754. The minimum absolute atomic E-state index is 0. The van der Waals surface area contributed by atoms with Gasteiger partial charge in [-0.05, 0) is 13.3 Å². The monoisotopic (exact) mass is 235 g/mol. The van der Waals surface area contributed by atoms with Gasteiger partial charge in [-0.1, -0.05) is 0 Å². The molecule has 0 aromatic rings. The average molecular weight is 236 g/mol. The van der Waals surface area contributed by atoms with Gasteiger partial charge in [0.1, 0.15) is 6.04 Å². The second-order valence-electron chi connectivity index (χ2n) is 2.51. The minimum atomic E-state index is -4.27. The van der Waals surface area contributed by atoms with Crippen LogP contribution in [0.3, 0.4) is 0 Å². The molecule has 0 aliphatic heterocycles. The number of nitrogens with two attached hydrogens (primary N) is 1. The molecule has 0 amide bonds. The molecule has 2 N–H and O–H groups in total. The first-order valence-corrected chi connectivity index (χ1v) is 3.85. The van der Waals surface area contributed by atoms with E-state index in [4.69, 9.17) is 5.73 Å². The van der Waals surface area contributed by atoms with Gasteiger partial charge in [0.2, 0.25) is 0 Å². The molecule has 0 fully saturated rings. The van der Waals surface area contributed by atoms with E-state index in [1.807, 2.05) is 0 Å². The van der Waals surface area contributed by atoms with E-state index in [0.717, 1.165) is 0 Å². The van der Waals surface area contributed by atoms with Crippen molar-refractivity contribution in [2.75, 3.05) is 6.61 Å². The summed E-state index contributed by atoms with van der Waals surface area (Å²) in [6, 6.07) is -1.18. The summed E-state index contributed by atoms with van der Waals surface area (Å²) in [5, 5.41) is 0. The lowest BCUT2D eigenvalue weighted by Gasteiger charge is -2.11. The van der Waals surface area contributed by atoms with Crippen LogP contribution in [0.15, 0.2) is 0 Å². The summed E-state index contributed by atoms with van der Waals surface area (Å²) in [4.78, 5) is 10.7. The molecule has 14 heavy (non-hydrogen) atoms. The molecular formula is C7H13ClF3NO2. The summed E-state index contributed by atoms with van der Waals surface area (Å²) in [7, 11) is 0. The van der Waals surface area contributed by atoms with Gasteiger partial charge in [0, 0.05) is 6.42 Å². The van der Waals surface area contributed by atoms with Crippen molar-refractivity contribution in [1.82, 2.24) is 0 Å². The maximum atomic E-state index is 11.7. The molecule has 0 bridgehead atoms. The maximum Gasteiger partial charge on any atom is 0.389 e. The van der Waals surface area contributed by atoms with Gasteiger partial charge in [0.15, 0.2) is 0 Å². The molecule has 0 aliphatic rings. The molecule has 7 heteroatoms. The van der Waals surface area contributed by atoms with Crippen molar-refractivity contribution in [2.24, 2.45) is 5.73 Å².